The molecule has 1 aromatic carbocycles. The molecule has 0 aliphatic heterocycles. The summed E-state index contributed by atoms with van der Waals surface area (Å²) in [5.41, 5.74) is 1.11. The van der Waals surface area contributed by atoms with Gasteiger partial charge in [-0.3, -0.25) is 4.79 Å². The van der Waals surface area contributed by atoms with Gasteiger partial charge >= 0.3 is 5.97 Å². The van der Waals surface area contributed by atoms with E-state index in [0.717, 1.165) is 18.7 Å². The van der Waals surface area contributed by atoms with Crippen molar-refractivity contribution in [1.29, 1.82) is 0 Å². The second kappa shape index (κ2) is 8.86. The zero-order valence-corrected chi connectivity index (χ0v) is 11.7. The number of carbonyl (C=O) groups is 1. The van der Waals surface area contributed by atoms with Crippen molar-refractivity contribution < 1.29 is 9.90 Å². The van der Waals surface area contributed by atoms with Gasteiger partial charge in [0, 0.05) is 18.8 Å². The van der Waals surface area contributed by atoms with Crippen molar-refractivity contribution >= 4 is 23.4 Å². The van der Waals surface area contributed by atoms with E-state index in [1.807, 2.05) is 42.1 Å². The van der Waals surface area contributed by atoms with E-state index in [2.05, 4.69) is 11.2 Å². The summed E-state index contributed by atoms with van der Waals surface area (Å²) in [7, 11) is 0. The number of rotatable bonds is 9. The number of nitrogens with zero attached hydrogens (tertiary/aromatic N) is 1. The number of carboxylic acids is 1. The fourth-order valence-electron chi connectivity index (χ4n) is 1.79. The number of hydrogen-bond acceptors (Lipinski definition) is 3. The van der Waals surface area contributed by atoms with Gasteiger partial charge in [0.1, 0.15) is 0 Å². The Balaban J connectivity index is 2.49. The highest BCUT2D eigenvalue weighted by molar-refractivity contribution is 7.98. The molecule has 3 nitrogen and oxygen atoms in total. The third-order valence-electron chi connectivity index (χ3n) is 2.74. The molecule has 0 aromatic heterocycles. The summed E-state index contributed by atoms with van der Waals surface area (Å²) in [4.78, 5) is 12.8. The van der Waals surface area contributed by atoms with E-state index in [9.17, 15) is 4.79 Å². The highest BCUT2D eigenvalue weighted by atomic mass is 32.2. The molecule has 1 rings (SSSR count). The highest BCUT2D eigenvalue weighted by Gasteiger charge is 2.07. The molecule has 0 heterocycles. The zero-order valence-electron chi connectivity index (χ0n) is 10.8. The molecule has 0 bridgehead atoms. The molecular formula is C14H21NO2S. The van der Waals surface area contributed by atoms with Gasteiger partial charge in [0.15, 0.2) is 0 Å². The summed E-state index contributed by atoms with van der Waals surface area (Å²) in [5.74, 6) is 0.432. The quantitative estimate of drug-likeness (QED) is 0.698. The SMILES string of the molecule is CSCCCCN(CCC(=O)O)c1ccccc1. The van der Waals surface area contributed by atoms with Crippen LogP contribution in [0.3, 0.4) is 0 Å². The molecule has 0 unspecified atom stereocenters. The maximum atomic E-state index is 10.7. The van der Waals surface area contributed by atoms with Crippen LogP contribution in [0.4, 0.5) is 5.69 Å². The van der Waals surface area contributed by atoms with Crippen molar-refractivity contribution in [3.8, 4) is 0 Å². The second-order valence-corrected chi connectivity index (χ2v) is 5.15. The first kappa shape index (κ1) is 14.9. The minimum Gasteiger partial charge on any atom is -0.481 e. The van der Waals surface area contributed by atoms with Crippen LogP contribution in [0.25, 0.3) is 0 Å². The molecule has 0 radical (unpaired) electrons. The number of hydrogen-bond donors (Lipinski definition) is 1. The Morgan fingerprint density at radius 2 is 1.94 bits per heavy atom. The molecule has 0 aliphatic rings. The van der Waals surface area contributed by atoms with E-state index in [4.69, 9.17) is 5.11 Å². The number of para-hydroxylation sites is 1. The number of aliphatic carboxylic acids is 1. The number of carboxylic acid groups (broad SMARTS) is 1. The largest absolute Gasteiger partial charge is 0.481 e. The Morgan fingerprint density at radius 3 is 2.56 bits per heavy atom. The molecule has 0 amide bonds. The lowest BCUT2D eigenvalue weighted by Crippen LogP contribution is -2.27. The molecule has 0 atom stereocenters. The molecule has 0 spiro atoms. The minimum atomic E-state index is -0.736. The van der Waals surface area contributed by atoms with E-state index in [1.54, 1.807) is 0 Å². The molecule has 100 valence electrons. The van der Waals surface area contributed by atoms with Crippen LogP contribution in [0.1, 0.15) is 19.3 Å². The maximum Gasteiger partial charge on any atom is 0.305 e. The van der Waals surface area contributed by atoms with Crippen molar-refractivity contribution in [2.24, 2.45) is 0 Å². The molecule has 0 saturated heterocycles. The van der Waals surface area contributed by atoms with Crippen LogP contribution >= 0.6 is 11.8 Å². The van der Waals surface area contributed by atoms with Gasteiger partial charge in [-0.1, -0.05) is 18.2 Å². The molecule has 1 aromatic rings. The second-order valence-electron chi connectivity index (χ2n) is 4.17. The van der Waals surface area contributed by atoms with Crippen LogP contribution in [0, 0.1) is 0 Å². The van der Waals surface area contributed by atoms with Gasteiger partial charge in [-0.2, -0.15) is 11.8 Å². The summed E-state index contributed by atoms with van der Waals surface area (Å²) in [6.07, 6.45) is 4.59. The van der Waals surface area contributed by atoms with Crippen molar-refractivity contribution in [2.45, 2.75) is 19.3 Å². The number of unbranched alkanes of at least 4 members (excludes halogenated alkanes) is 1. The molecule has 0 fully saturated rings. The van der Waals surface area contributed by atoms with E-state index >= 15 is 0 Å². The average Bonchev–Trinajstić information content (AvgIpc) is 2.38. The standard InChI is InChI=1S/C14H21NO2S/c1-18-12-6-5-10-15(11-9-14(16)17)13-7-3-2-4-8-13/h2-4,7-8H,5-6,9-12H2,1H3,(H,16,17). The normalized spacial score (nSPS) is 10.3. The Bertz CT molecular complexity index is 343. The zero-order chi connectivity index (χ0) is 13.2. The molecule has 18 heavy (non-hydrogen) atoms. The van der Waals surface area contributed by atoms with Gasteiger partial charge in [-0.25, -0.2) is 0 Å². The van der Waals surface area contributed by atoms with E-state index in [1.165, 1.54) is 12.2 Å². The monoisotopic (exact) mass is 267 g/mol. The van der Waals surface area contributed by atoms with Crippen LogP contribution < -0.4 is 4.90 Å². The smallest absolute Gasteiger partial charge is 0.305 e. The summed E-state index contributed by atoms with van der Waals surface area (Å²) in [6.45, 7) is 1.51. The molecule has 0 aliphatic carbocycles. The highest BCUT2D eigenvalue weighted by Crippen LogP contribution is 2.15. The van der Waals surface area contributed by atoms with Gasteiger partial charge in [0.05, 0.1) is 6.42 Å². The number of thioether (sulfide) groups is 1. The van der Waals surface area contributed by atoms with Gasteiger partial charge in [-0.05, 0) is 37.0 Å². The van der Waals surface area contributed by atoms with E-state index in [0.29, 0.717) is 6.54 Å². The van der Waals surface area contributed by atoms with Crippen LogP contribution in [0.15, 0.2) is 30.3 Å². The van der Waals surface area contributed by atoms with Crippen LogP contribution in [-0.4, -0.2) is 36.2 Å². The lowest BCUT2D eigenvalue weighted by atomic mass is 10.2. The fourth-order valence-corrected chi connectivity index (χ4v) is 2.28. The predicted molar refractivity (Wildman–Crippen MR) is 78.5 cm³/mol. The Kier molecular flexibility index (Phi) is 7.34. The molecule has 4 heteroatoms. The van der Waals surface area contributed by atoms with Crippen LogP contribution in [0.5, 0.6) is 0 Å². The summed E-state index contributed by atoms with van der Waals surface area (Å²) in [6, 6.07) is 10.0. The Labute approximate surface area is 113 Å². The molecular weight excluding hydrogens is 246 g/mol. The summed E-state index contributed by atoms with van der Waals surface area (Å²) in [5, 5.41) is 8.79. The minimum absolute atomic E-state index is 0.192. The van der Waals surface area contributed by atoms with Crippen molar-refractivity contribution in [2.75, 3.05) is 30.0 Å². The van der Waals surface area contributed by atoms with Crippen LogP contribution in [-0.2, 0) is 4.79 Å². The first-order valence-corrected chi connectivity index (χ1v) is 7.64. The first-order chi connectivity index (χ1) is 8.74. The van der Waals surface area contributed by atoms with Crippen molar-refractivity contribution in [3.63, 3.8) is 0 Å². The first-order valence-electron chi connectivity index (χ1n) is 6.24. The molecule has 0 saturated carbocycles. The lowest BCUT2D eigenvalue weighted by molar-refractivity contribution is -0.136. The van der Waals surface area contributed by atoms with Crippen molar-refractivity contribution in [3.05, 3.63) is 30.3 Å². The topological polar surface area (TPSA) is 40.5 Å². The van der Waals surface area contributed by atoms with Crippen molar-refractivity contribution in [1.82, 2.24) is 0 Å². The average molecular weight is 267 g/mol. The molecule has 1 N–H and O–H groups in total. The van der Waals surface area contributed by atoms with Gasteiger partial charge < -0.3 is 10.0 Å². The predicted octanol–water partition coefficient (Wildman–Crippen LogP) is 3.11. The van der Waals surface area contributed by atoms with Gasteiger partial charge in [0.2, 0.25) is 0 Å². The maximum absolute atomic E-state index is 10.7. The third kappa shape index (κ3) is 5.96. The van der Waals surface area contributed by atoms with E-state index in [-0.39, 0.29) is 6.42 Å². The number of benzene rings is 1. The Morgan fingerprint density at radius 1 is 1.22 bits per heavy atom. The summed E-state index contributed by atoms with van der Waals surface area (Å²) >= 11 is 1.85. The Hall–Kier alpha value is -1.16. The number of anilines is 1. The van der Waals surface area contributed by atoms with Crippen LogP contribution in [0.2, 0.25) is 0 Å². The fraction of sp³-hybridized carbons (Fsp3) is 0.500. The third-order valence-corrected chi connectivity index (χ3v) is 3.44. The van der Waals surface area contributed by atoms with Gasteiger partial charge in [-0.15, -0.1) is 0 Å². The summed E-state index contributed by atoms with van der Waals surface area (Å²) < 4.78 is 0. The van der Waals surface area contributed by atoms with E-state index < -0.39 is 5.97 Å². The van der Waals surface area contributed by atoms with Gasteiger partial charge in [0.25, 0.3) is 0 Å². The lowest BCUT2D eigenvalue weighted by Gasteiger charge is -2.24.